The van der Waals surface area contributed by atoms with Crippen molar-refractivity contribution >= 4 is 11.6 Å². The molecule has 1 atom stereocenters. The molecule has 0 radical (unpaired) electrons. The zero-order chi connectivity index (χ0) is 19.6. The number of ether oxygens (including phenoxy) is 1. The molecular formula is C22H33N3O3. The molecule has 0 bridgehead atoms. The summed E-state index contributed by atoms with van der Waals surface area (Å²) in [5, 5.41) is 11.2. The van der Waals surface area contributed by atoms with Crippen LogP contribution in [0.2, 0.25) is 0 Å². The van der Waals surface area contributed by atoms with Gasteiger partial charge in [0.25, 0.3) is 0 Å². The zero-order valence-corrected chi connectivity index (χ0v) is 17.0. The third-order valence-electron chi connectivity index (χ3n) is 6.17. The van der Waals surface area contributed by atoms with Crippen LogP contribution in [0.15, 0.2) is 18.2 Å². The average molecular weight is 388 g/mol. The minimum Gasteiger partial charge on any atom is -0.385 e. The lowest BCUT2D eigenvalue weighted by Gasteiger charge is -2.35. The summed E-state index contributed by atoms with van der Waals surface area (Å²) in [6.07, 6.45) is 4.44. The lowest BCUT2D eigenvalue weighted by Crippen LogP contribution is -2.53. The van der Waals surface area contributed by atoms with Gasteiger partial charge in [0.2, 0.25) is 5.91 Å². The van der Waals surface area contributed by atoms with Gasteiger partial charge >= 0.3 is 0 Å². The molecule has 3 aliphatic heterocycles. The van der Waals surface area contributed by atoms with Crippen molar-refractivity contribution in [1.29, 1.82) is 0 Å². The fourth-order valence-corrected chi connectivity index (χ4v) is 4.85. The van der Waals surface area contributed by atoms with Gasteiger partial charge in [-0.2, -0.15) is 0 Å². The van der Waals surface area contributed by atoms with Gasteiger partial charge in [0, 0.05) is 31.9 Å². The number of amides is 1. The summed E-state index contributed by atoms with van der Waals surface area (Å²) >= 11 is 0. The number of likely N-dealkylation sites (tertiary alicyclic amines) is 1. The molecule has 3 aliphatic rings. The quantitative estimate of drug-likeness (QED) is 0.847. The second kappa shape index (κ2) is 8.49. The van der Waals surface area contributed by atoms with Crippen LogP contribution in [0.4, 0.5) is 5.69 Å². The Morgan fingerprint density at radius 2 is 1.96 bits per heavy atom. The fraction of sp³-hybridized carbons (Fsp3) is 0.682. The average Bonchev–Trinajstić information content (AvgIpc) is 3.09. The summed E-state index contributed by atoms with van der Waals surface area (Å²) in [7, 11) is 0. The molecule has 0 aliphatic carbocycles. The summed E-state index contributed by atoms with van der Waals surface area (Å²) < 4.78 is 5.70. The van der Waals surface area contributed by atoms with Gasteiger partial charge in [0.05, 0.1) is 19.8 Å². The van der Waals surface area contributed by atoms with Crippen molar-refractivity contribution in [2.24, 2.45) is 0 Å². The van der Waals surface area contributed by atoms with E-state index >= 15 is 0 Å². The molecule has 6 heteroatoms. The van der Waals surface area contributed by atoms with Crippen molar-refractivity contribution in [1.82, 2.24) is 9.80 Å². The number of rotatable bonds is 4. The first-order valence-electron chi connectivity index (χ1n) is 10.7. The van der Waals surface area contributed by atoms with Gasteiger partial charge in [-0.15, -0.1) is 0 Å². The van der Waals surface area contributed by atoms with E-state index < -0.39 is 5.60 Å². The van der Waals surface area contributed by atoms with Crippen molar-refractivity contribution in [3.05, 3.63) is 29.3 Å². The summed E-state index contributed by atoms with van der Waals surface area (Å²) in [4.78, 5) is 19.5. The molecule has 28 heavy (non-hydrogen) atoms. The summed E-state index contributed by atoms with van der Waals surface area (Å²) in [6, 6.07) is 6.36. The molecule has 1 aromatic rings. The number of aliphatic hydroxyl groups is 1. The van der Waals surface area contributed by atoms with Crippen LogP contribution in [-0.4, -0.2) is 85.4 Å². The standard InChI is InChI=1S/C22H33N3O3/c1-18-6-7-20-19(13-18)5-4-10-25(20)21(26)14-24-11-12-28-17-22(27,16-24)15-23-8-2-3-9-23/h6-7,13,27H,2-5,8-12,14-17H2,1H3/t22-/m1/s1. The number of hydrogen-bond acceptors (Lipinski definition) is 5. The van der Waals surface area contributed by atoms with Gasteiger partial charge in [-0.25, -0.2) is 0 Å². The van der Waals surface area contributed by atoms with Crippen molar-refractivity contribution in [3.8, 4) is 0 Å². The van der Waals surface area contributed by atoms with Gasteiger partial charge in [0.1, 0.15) is 5.60 Å². The number of nitrogens with zero attached hydrogens (tertiary/aromatic N) is 3. The number of aryl methyl sites for hydroxylation is 2. The topological polar surface area (TPSA) is 56.3 Å². The Kier molecular flexibility index (Phi) is 6.01. The van der Waals surface area contributed by atoms with Gasteiger partial charge in [-0.05, 0) is 57.3 Å². The highest BCUT2D eigenvalue weighted by molar-refractivity contribution is 5.96. The van der Waals surface area contributed by atoms with E-state index in [9.17, 15) is 9.90 Å². The number of carbonyl (C=O) groups excluding carboxylic acids is 1. The number of anilines is 1. The molecule has 0 aromatic heterocycles. The fourth-order valence-electron chi connectivity index (χ4n) is 4.85. The molecule has 4 rings (SSSR count). The highest BCUT2D eigenvalue weighted by atomic mass is 16.5. The van der Waals surface area contributed by atoms with E-state index in [1.165, 1.54) is 24.0 Å². The van der Waals surface area contributed by atoms with Crippen molar-refractivity contribution in [3.63, 3.8) is 0 Å². The van der Waals surface area contributed by atoms with Gasteiger partial charge in [0.15, 0.2) is 0 Å². The first-order valence-corrected chi connectivity index (χ1v) is 10.7. The van der Waals surface area contributed by atoms with Crippen molar-refractivity contribution in [2.45, 2.75) is 38.2 Å². The van der Waals surface area contributed by atoms with Crippen LogP contribution >= 0.6 is 0 Å². The van der Waals surface area contributed by atoms with Crippen LogP contribution < -0.4 is 4.90 Å². The van der Waals surface area contributed by atoms with Crippen LogP contribution in [0, 0.1) is 6.92 Å². The smallest absolute Gasteiger partial charge is 0.241 e. The van der Waals surface area contributed by atoms with E-state index in [-0.39, 0.29) is 5.91 Å². The normalized spacial score (nSPS) is 26.9. The molecule has 1 amide bonds. The molecule has 154 valence electrons. The van der Waals surface area contributed by atoms with Crippen LogP contribution in [0.3, 0.4) is 0 Å². The van der Waals surface area contributed by atoms with Crippen LogP contribution in [-0.2, 0) is 16.0 Å². The van der Waals surface area contributed by atoms with E-state index in [1.807, 2.05) is 4.90 Å². The maximum atomic E-state index is 13.1. The number of carbonyl (C=O) groups is 1. The molecule has 6 nitrogen and oxygen atoms in total. The predicted molar refractivity (Wildman–Crippen MR) is 110 cm³/mol. The Hall–Kier alpha value is -1.47. The van der Waals surface area contributed by atoms with E-state index in [2.05, 4.69) is 34.9 Å². The molecule has 0 spiro atoms. The van der Waals surface area contributed by atoms with Gasteiger partial charge < -0.3 is 19.6 Å². The minimum absolute atomic E-state index is 0.121. The molecule has 2 saturated heterocycles. The van der Waals surface area contributed by atoms with Crippen LogP contribution in [0.5, 0.6) is 0 Å². The third-order valence-corrected chi connectivity index (χ3v) is 6.17. The second-order valence-electron chi connectivity index (χ2n) is 8.75. The number of fused-ring (bicyclic) bond motifs is 1. The zero-order valence-electron chi connectivity index (χ0n) is 17.0. The summed E-state index contributed by atoms with van der Waals surface area (Å²) in [5.74, 6) is 0.121. The van der Waals surface area contributed by atoms with E-state index in [0.29, 0.717) is 39.4 Å². The molecule has 0 unspecified atom stereocenters. The molecule has 2 fully saturated rings. The minimum atomic E-state index is -0.905. The van der Waals surface area contributed by atoms with Crippen molar-refractivity contribution < 1.29 is 14.6 Å². The summed E-state index contributed by atoms with van der Waals surface area (Å²) in [6.45, 7) is 8.01. The highest BCUT2D eigenvalue weighted by Gasteiger charge is 2.36. The Balaban J connectivity index is 1.42. The Morgan fingerprint density at radius 3 is 2.79 bits per heavy atom. The highest BCUT2D eigenvalue weighted by Crippen LogP contribution is 2.28. The number of hydrogen-bond donors (Lipinski definition) is 1. The third kappa shape index (κ3) is 4.57. The Bertz CT molecular complexity index is 704. The molecule has 0 saturated carbocycles. The molecule has 3 heterocycles. The lowest BCUT2D eigenvalue weighted by molar-refractivity contribution is -0.120. The van der Waals surface area contributed by atoms with Gasteiger partial charge in [-0.3, -0.25) is 9.69 Å². The summed E-state index contributed by atoms with van der Waals surface area (Å²) in [5.41, 5.74) is 2.66. The Labute approximate surface area is 168 Å². The van der Waals surface area contributed by atoms with Crippen molar-refractivity contribution in [2.75, 3.05) is 63.9 Å². The molecule has 1 N–H and O–H groups in total. The SMILES string of the molecule is Cc1ccc2c(c1)CCCN2C(=O)CN1CCOC[C@@](O)(CN2CCCC2)C1. The predicted octanol–water partition coefficient (Wildman–Crippen LogP) is 1.43. The maximum absolute atomic E-state index is 13.1. The Morgan fingerprint density at radius 1 is 1.14 bits per heavy atom. The van der Waals surface area contributed by atoms with E-state index in [0.717, 1.165) is 38.2 Å². The van der Waals surface area contributed by atoms with Gasteiger partial charge in [-0.1, -0.05) is 17.7 Å². The molecule has 1 aromatic carbocycles. The number of β-amino-alcohol motifs (C(OH)–C–C–N with tert-alkyl or cyclic N) is 1. The lowest BCUT2D eigenvalue weighted by atomic mass is 9.99. The monoisotopic (exact) mass is 387 g/mol. The van der Waals surface area contributed by atoms with E-state index in [4.69, 9.17) is 4.74 Å². The van der Waals surface area contributed by atoms with E-state index in [1.54, 1.807) is 0 Å². The van der Waals surface area contributed by atoms with Crippen LogP contribution in [0.25, 0.3) is 0 Å². The number of benzene rings is 1. The first kappa shape index (κ1) is 19.8. The maximum Gasteiger partial charge on any atom is 0.241 e. The largest absolute Gasteiger partial charge is 0.385 e. The second-order valence-corrected chi connectivity index (χ2v) is 8.75. The molecular weight excluding hydrogens is 354 g/mol. The van der Waals surface area contributed by atoms with Crippen LogP contribution in [0.1, 0.15) is 30.4 Å². The first-order chi connectivity index (χ1) is 13.5.